The largest absolute Gasteiger partial charge is 0.481 e. The highest BCUT2D eigenvalue weighted by Crippen LogP contribution is 2.62. The van der Waals surface area contributed by atoms with Crippen LogP contribution in [-0.4, -0.2) is 37.5 Å². The molecule has 3 N–H and O–H groups in total. The molecule has 0 aliphatic heterocycles. The zero-order valence-electron chi connectivity index (χ0n) is 10.2. The van der Waals surface area contributed by atoms with E-state index in [9.17, 15) is 22.7 Å². The molecule has 0 aromatic heterocycles. The quantitative estimate of drug-likeness (QED) is 0.833. The topological polar surface area (TPSA) is 97.5 Å². The molecule has 0 unspecified atom stereocenters. The summed E-state index contributed by atoms with van der Waals surface area (Å²) in [6, 6.07) is 5.16. The Labute approximate surface area is 110 Å². The molecule has 0 bridgehead atoms. The van der Waals surface area contributed by atoms with Crippen LogP contribution < -0.4 is 5.73 Å². The molecule has 1 fully saturated rings. The summed E-state index contributed by atoms with van der Waals surface area (Å²) < 4.78 is 36.3. The van der Waals surface area contributed by atoms with Gasteiger partial charge in [-0.3, -0.25) is 4.79 Å². The number of hydrogen-bond acceptors (Lipinski definition) is 4. The van der Waals surface area contributed by atoms with Gasteiger partial charge in [-0.15, -0.1) is 0 Å². The zero-order chi connectivity index (χ0) is 14.4. The standard InChI is InChI=1S/C12H14FNO4S/c1-19(17,18)10-9(12(10,6-14)11(15)16)7-2-4-8(13)5-3-7/h2-5,9-10H,6,14H2,1H3,(H,15,16)/t9-,10-,12+/m1/s1. The summed E-state index contributed by atoms with van der Waals surface area (Å²) in [5.41, 5.74) is 4.46. The summed E-state index contributed by atoms with van der Waals surface area (Å²) in [7, 11) is -3.56. The second kappa shape index (κ2) is 4.28. The van der Waals surface area contributed by atoms with Gasteiger partial charge in [-0.05, 0) is 17.7 Å². The van der Waals surface area contributed by atoms with Crippen molar-refractivity contribution in [1.82, 2.24) is 0 Å². The van der Waals surface area contributed by atoms with Gasteiger partial charge < -0.3 is 10.8 Å². The summed E-state index contributed by atoms with van der Waals surface area (Å²) in [5, 5.41) is 8.24. The average Bonchev–Trinajstić information content (AvgIpc) is 3.00. The Bertz CT molecular complexity index is 613. The smallest absolute Gasteiger partial charge is 0.312 e. The van der Waals surface area contributed by atoms with Crippen LogP contribution in [0.3, 0.4) is 0 Å². The normalized spacial score (nSPS) is 30.1. The van der Waals surface area contributed by atoms with Crippen molar-refractivity contribution in [3.8, 4) is 0 Å². The van der Waals surface area contributed by atoms with E-state index in [0.717, 1.165) is 6.26 Å². The summed E-state index contributed by atoms with van der Waals surface area (Å²) >= 11 is 0. The number of hydrogen-bond donors (Lipinski definition) is 2. The molecule has 104 valence electrons. The molecule has 7 heteroatoms. The minimum absolute atomic E-state index is 0.276. The maximum atomic E-state index is 12.9. The van der Waals surface area contributed by atoms with E-state index in [2.05, 4.69) is 0 Å². The van der Waals surface area contributed by atoms with Gasteiger partial charge in [0, 0.05) is 18.7 Å². The highest BCUT2D eigenvalue weighted by molar-refractivity contribution is 7.91. The first-order valence-electron chi connectivity index (χ1n) is 5.63. The van der Waals surface area contributed by atoms with Gasteiger partial charge in [0.1, 0.15) is 11.2 Å². The maximum Gasteiger partial charge on any atom is 0.312 e. The third kappa shape index (κ3) is 2.02. The molecule has 0 spiro atoms. The van der Waals surface area contributed by atoms with Gasteiger partial charge in [0.05, 0.1) is 5.25 Å². The zero-order valence-corrected chi connectivity index (χ0v) is 11.0. The van der Waals surface area contributed by atoms with Crippen molar-refractivity contribution >= 4 is 15.8 Å². The fraction of sp³-hybridized carbons (Fsp3) is 0.417. The van der Waals surface area contributed by atoms with Crippen LogP contribution in [0.25, 0.3) is 0 Å². The SMILES string of the molecule is CS(=O)(=O)[C@@H]1[C@@H](c2ccc(F)cc2)[C@]1(CN)C(=O)O. The molecule has 1 aliphatic carbocycles. The van der Waals surface area contributed by atoms with Crippen LogP contribution in [0.4, 0.5) is 4.39 Å². The number of carboxylic acid groups (broad SMARTS) is 1. The predicted octanol–water partition coefficient (Wildman–Crippen LogP) is 0.366. The molecule has 3 atom stereocenters. The Balaban J connectivity index is 2.50. The van der Waals surface area contributed by atoms with Crippen LogP contribution in [0.15, 0.2) is 24.3 Å². The van der Waals surface area contributed by atoms with Crippen molar-refractivity contribution in [2.24, 2.45) is 11.1 Å². The molecule has 0 amide bonds. The van der Waals surface area contributed by atoms with E-state index < -0.39 is 38.2 Å². The lowest BCUT2D eigenvalue weighted by Gasteiger charge is -2.09. The lowest BCUT2D eigenvalue weighted by atomic mass is 9.99. The first kappa shape index (κ1) is 14.0. The van der Waals surface area contributed by atoms with E-state index >= 15 is 0 Å². The third-order valence-corrected chi connectivity index (χ3v) is 5.30. The fourth-order valence-corrected chi connectivity index (χ4v) is 4.68. The van der Waals surface area contributed by atoms with Crippen molar-refractivity contribution in [2.45, 2.75) is 11.2 Å². The molecule has 0 radical (unpaired) electrons. The maximum absolute atomic E-state index is 12.9. The molecule has 5 nitrogen and oxygen atoms in total. The second-order valence-electron chi connectivity index (χ2n) is 4.83. The minimum Gasteiger partial charge on any atom is -0.481 e. The van der Waals surface area contributed by atoms with Gasteiger partial charge in [-0.2, -0.15) is 0 Å². The number of benzene rings is 1. The number of aliphatic carboxylic acids is 1. The lowest BCUT2D eigenvalue weighted by Crippen LogP contribution is -2.31. The van der Waals surface area contributed by atoms with E-state index in [4.69, 9.17) is 5.73 Å². The van der Waals surface area contributed by atoms with E-state index in [1.165, 1.54) is 24.3 Å². The van der Waals surface area contributed by atoms with Gasteiger partial charge in [0.25, 0.3) is 0 Å². The Morgan fingerprint density at radius 1 is 1.42 bits per heavy atom. The summed E-state index contributed by atoms with van der Waals surface area (Å²) in [5.74, 6) is -2.43. The molecular formula is C12H14FNO4S. The minimum atomic E-state index is -3.56. The van der Waals surface area contributed by atoms with E-state index in [0.29, 0.717) is 5.56 Å². The van der Waals surface area contributed by atoms with Gasteiger partial charge >= 0.3 is 5.97 Å². The average molecular weight is 287 g/mol. The highest BCUT2D eigenvalue weighted by atomic mass is 32.2. The van der Waals surface area contributed by atoms with Crippen molar-refractivity contribution in [3.63, 3.8) is 0 Å². The monoisotopic (exact) mass is 287 g/mol. The van der Waals surface area contributed by atoms with Crippen molar-refractivity contribution < 1.29 is 22.7 Å². The summed E-state index contributed by atoms with van der Waals surface area (Å²) in [6.45, 7) is -0.276. The van der Waals surface area contributed by atoms with E-state index in [1.54, 1.807) is 0 Å². The van der Waals surface area contributed by atoms with Gasteiger partial charge in [-0.1, -0.05) is 12.1 Å². The van der Waals surface area contributed by atoms with E-state index in [-0.39, 0.29) is 6.54 Å². The van der Waals surface area contributed by atoms with Crippen LogP contribution in [0.2, 0.25) is 0 Å². The van der Waals surface area contributed by atoms with E-state index in [1.807, 2.05) is 0 Å². The number of carbonyl (C=O) groups is 1. The Kier molecular flexibility index (Phi) is 3.14. The molecule has 0 saturated heterocycles. The number of sulfone groups is 1. The summed E-state index contributed by atoms with van der Waals surface area (Å²) in [4.78, 5) is 11.4. The van der Waals surface area contributed by atoms with Crippen molar-refractivity contribution in [3.05, 3.63) is 35.6 Å². The van der Waals surface area contributed by atoms with Gasteiger partial charge in [0.2, 0.25) is 0 Å². The molecule has 2 rings (SSSR count). The molecule has 0 heterocycles. The van der Waals surface area contributed by atoms with Crippen LogP contribution in [-0.2, 0) is 14.6 Å². The first-order chi connectivity index (χ1) is 8.75. The molecule has 1 saturated carbocycles. The fourth-order valence-electron chi connectivity index (χ4n) is 2.76. The Morgan fingerprint density at radius 2 is 1.95 bits per heavy atom. The number of carboxylic acids is 1. The number of halogens is 1. The predicted molar refractivity (Wildman–Crippen MR) is 66.9 cm³/mol. The van der Waals surface area contributed by atoms with Gasteiger partial charge in [0.15, 0.2) is 9.84 Å². The van der Waals surface area contributed by atoms with Crippen molar-refractivity contribution in [1.29, 1.82) is 0 Å². The highest BCUT2D eigenvalue weighted by Gasteiger charge is 2.74. The lowest BCUT2D eigenvalue weighted by molar-refractivity contribution is -0.143. The molecule has 19 heavy (non-hydrogen) atoms. The molecule has 1 aromatic rings. The first-order valence-corrected chi connectivity index (χ1v) is 7.58. The van der Waals surface area contributed by atoms with Crippen LogP contribution in [0, 0.1) is 11.2 Å². The molecule has 1 aromatic carbocycles. The van der Waals surface area contributed by atoms with Crippen LogP contribution in [0.5, 0.6) is 0 Å². The number of rotatable bonds is 4. The molecular weight excluding hydrogens is 273 g/mol. The van der Waals surface area contributed by atoms with Crippen LogP contribution in [0.1, 0.15) is 11.5 Å². The summed E-state index contributed by atoms with van der Waals surface area (Å²) in [6.07, 6.45) is 0.995. The molecule has 1 aliphatic rings. The second-order valence-corrected chi connectivity index (χ2v) is 7.00. The third-order valence-electron chi connectivity index (χ3n) is 3.68. The van der Waals surface area contributed by atoms with Gasteiger partial charge in [-0.25, -0.2) is 12.8 Å². The number of nitrogens with two attached hydrogens (primary N) is 1. The Hall–Kier alpha value is -1.47. The Morgan fingerprint density at radius 3 is 2.26 bits per heavy atom. The van der Waals surface area contributed by atoms with Crippen LogP contribution >= 0.6 is 0 Å². The van der Waals surface area contributed by atoms with Crippen molar-refractivity contribution in [2.75, 3.05) is 12.8 Å².